The van der Waals surface area contributed by atoms with E-state index in [1.54, 1.807) is 31.2 Å². The van der Waals surface area contributed by atoms with Gasteiger partial charge in [0.15, 0.2) is 5.78 Å². The van der Waals surface area contributed by atoms with Gasteiger partial charge in [0.1, 0.15) is 0 Å². The highest BCUT2D eigenvalue weighted by molar-refractivity contribution is 7.89. The monoisotopic (exact) mass is 483 g/mol. The lowest BCUT2D eigenvalue weighted by Crippen LogP contribution is -2.53. The van der Waals surface area contributed by atoms with Gasteiger partial charge in [-0.1, -0.05) is 6.07 Å². The minimum Gasteiger partial charge on any atom is -0.326 e. The predicted octanol–water partition coefficient (Wildman–Crippen LogP) is 3.24. The highest BCUT2D eigenvalue weighted by Crippen LogP contribution is 2.31. The van der Waals surface area contributed by atoms with Gasteiger partial charge in [0.2, 0.25) is 15.9 Å². The van der Waals surface area contributed by atoms with Crippen LogP contribution in [0.25, 0.3) is 0 Å². The van der Waals surface area contributed by atoms with Gasteiger partial charge in [-0.15, -0.1) is 0 Å². The van der Waals surface area contributed by atoms with Crippen LogP contribution in [0.2, 0.25) is 0 Å². The van der Waals surface area contributed by atoms with E-state index in [0.717, 1.165) is 22.5 Å². The number of rotatable bonds is 6. The van der Waals surface area contributed by atoms with E-state index < -0.39 is 32.7 Å². The van der Waals surface area contributed by atoms with Gasteiger partial charge in [-0.05, 0) is 49.4 Å². The lowest BCUT2D eigenvalue weighted by molar-refractivity contribution is -0.137. The lowest BCUT2D eigenvalue weighted by Gasteiger charge is -2.36. The van der Waals surface area contributed by atoms with Crippen molar-refractivity contribution < 1.29 is 31.2 Å². The zero-order valence-corrected chi connectivity index (χ0v) is 18.9. The molecule has 0 bridgehead atoms. The Bertz CT molecular complexity index is 1130. The van der Waals surface area contributed by atoms with Crippen LogP contribution in [0.4, 0.5) is 18.9 Å². The molecule has 1 atom stereocenters. The first kappa shape index (κ1) is 24.9. The van der Waals surface area contributed by atoms with Crippen LogP contribution in [-0.4, -0.2) is 61.5 Å². The molecular weight excluding hydrogens is 459 g/mol. The van der Waals surface area contributed by atoms with Gasteiger partial charge in [-0.2, -0.15) is 17.5 Å². The Kier molecular flexibility index (Phi) is 7.25. The number of alkyl halides is 3. The topological polar surface area (TPSA) is 86.8 Å². The summed E-state index contributed by atoms with van der Waals surface area (Å²) in [6.45, 7) is 3.73. The Morgan fingerprint density at radius 1 is 1.00 bits per heavy atom. The summed E-state index contributed by atoms with van der Waals surface area (Å²) in [4.78, 5) is 25.4. The van der Waals surface area contributed by atoms with Gasteiger partial charge in [-0.3, -0.25) is 14.5 Å². The molecule has 1 N–H and O–H groups in total. The standard InChI is InChI=1S/C22H24F3N3O4S/c1-15(21(30)17-6-8-19(9-7-17)26-16(2)29)27-10-12-28(13-11-27)33(31,32)20-5-3-4-18(14-20)22(23,24)25/h3-9,14-15H,10-13H2,1-2H3,(H,26,29). The smallest absolute Gasteiger partial charge is 0.326 e. The van der Waals surface area contributed by atoms with Gasteiger partial charge < -0.3 is 5.32 Å². The summed E-state index contributed by atoms with van der Waals surface area (Å²) < 4.78 is 65.7. The quantitative estimate of drug-likeness (QED) is 0.638. The molecule has 178 valence electrons. The Morgan fingerprint density at radius 2 is 1.61 bits per heavy atom. The number of carbonyl (C=O) groups is 2. The Morgan fingerprint density at radius 3 is 2.15 bits per heavy atom. The largest absolute Gasteiger partial charge is 0.416 e. The van der Waals surface area contributed by atoms with Crippen molar-refractivity contribution in [2.24, 2.45) is 0 Å². The number of nitrogens with zero attached hydrogens (tertiary/aromatic N) is 2. The third kappa shape index (κ3) is 5.79. The number of sulfonamides is 1. The van der Waals surface area contributed by atoms with E-state index in [-0.39, 0.29) is 37.9 Å². The van der Waals surface area contributed by atoms with E-state index in [1.807, 2.05) is 4.90 Å². The van der Waals surface area contributed by atoms with Crippen molar-refractivity contribution in [1.82, 2.24) is 9.21 Å². The molecule has 1 saturated heterocycles. The highest BCUT2D eigenvalue weighted by Gasteiger charge is 2.35. The van der Waals surface area contributed by atoms with E-state index in [2.05, 4.69) is 5.32 Å². The third-order valence-corrected chi connectivity index (χ3v) is 7.38. The van der Waals surface area contributed by atoms with Crippen LogP contribution in [0, 0.1) is 0 Å². The van der Waals surface area contributed by atoms with E-state index in [9.17, 15) is 31.2 Å². The summed E-state index contributed by atoms with van der Waals surface area (Å²) >= 11 is 0. The normalized spacial score (nSPS) is 16.9. The Labute approximate surface area is 190 Å². The maximum Gasteiger partial charge on any atom is 0.416 e. The van der Waals surface area contributed by atoms with Crippen LogP contribution >= 0.6 is 0 Å². The molecule has 3 rings (SSSR count). The highest BCUT2D eigenvalue weighted by atomic mass is 32.2. The van der Waals surface area contributed by atoms with Crippen LogP contribution in [-0.2, 0) is 21.0 Å². The number of Topliss-reactive ketones (excluding diaryl/α,β-unsaturated/α-hetero) is 1. The molecule has 1 aliphatic rings. The molecule has 33 heavy (non-hydrogen) atoms. The first-order valence-electron chi connectivity index (χ1n) is 10.2. The second-order valence-electron chi connectivity index (χ2n) is 7.76. The fraction of sp³-hybridized carbons (Fsp3) is 0.364. The molecule has 0 saturated carbocycles. The van der Waals surface area contributed by atoms with Crippen molar-refractivity contribution in [3.63, 3.8) is 0 Å². The minimum absolute atomic E-state index is 0.0532. The SMILES string of the molecule is CC(=O)Nc1ccc(C(=O)C(C)N2CCN(S(=O)(=O)c3cccc(C(F)(F)F)c3)CC2)cc1. The number of carbonyl (C=O) groups excluding carboxylic acids is 2. The average Bonchev–Trinajstić information content (AvgIpc) is 2.78. The number of amides is 1. The number of halogens is 3. The van der Waals surface area contributed by atoms with Crippen molar-refractivity contribution in [2.75, 3.05) is 31.5 Å². The molecule has 1 unspecified atom stereocenters. The second kappa shape index (κ2) is 9.62. The number of ketones is 1. The van der Waals surface area contributed by atoms with Crippen LogP contribution in [0.5, 0.6) is 0 Å². The summed E-state index contributed by atoms with van der Waals surface area (Å²) in [6, 6.07) is 9.64. The lowest BCUT2D eigenvalue weighted by atomic mass is 10.0. The predicted molar refractivity (Wildman–Crippen MR) is 116 cm³/mol. The fourth-order valence-electron chi connectivity index (χ4n) is 3.64. The molecule has 0 aliphatic carbocycles. The Hall–Kier alpha value is -2.76. The molecule has 7 nitrogen and oxygen atoms in total. The van der Waals surface area contributed by atoms with Crippen molar-refractivity contribution in [3.8, 4) is 0 Å². The van der Waals surface area contributed by atoms with Gasteiger partial charge in [0, 0.05) is 44.4 Å². The van der Waals surface area contributed by atoms with Crippen LogP contribution in [0.3, 0.4) is 0 Å². The molecule has 2 aromatic carbocycles. The number of anilines is 1. The first-order chi connectivity index (χ1) is 15.4. The minimum atomic E-state index is -4.64. The molecule has 2 aromatic rings. The molecule has 1 fully saturated rings. The van der Waals surface area contributed by atoms with Gasteiger partial charge >= 0.3 is 6.18 Å². The van der Waals surface area contributed by atoms with Crippen molar-refractivity contribution in [2.45, 2.75) is 31.0 Å². The van der Waals surface area contributed by atoms with Gasteiger partial charge in [0.05, 0.1) is 16.5 Å². The van der Waals surface area contributed by atoms with Crippen LogP contribution in [0.15, 0.2) is 53.4 Å². The average molecular weight is 484 g/mol. The number of hydrogen-bond acceptors (Lipinski definition) is 5. The second-order valence-corrected chi connectivity index (χ2v) is 9.70. The number of piperazine rings is 1. The molecule has 1 aliphatic heterocycles. The van der Waals surface area contributed by atoms with Gasteiger partial charge in [0.25, 0.3) is 0 Å². The van der Waals surface area contributed by atoms with Crippen molar-refractivity contribution in [1.29, 1.82) is 0 Å². The molecular formula is C22H24F3N3O4S. The van der Waals surface area contributed by atoms with Crippen molar-refractivity contribution >= 4 is 27.4 Å². The molecule has 0 radical (unpaired) electrons. The third-order valence-electron chi connectivity index (χ3n) is 5.49. The van der Waals surface area contributed by atoms with Crippen LogP contribution in [0.1, 0.15) is 29.8 Å². The summed E-state index contributed by atoms with van der Waals surface area (Å²) in [6.07, 6.45) is -4.64. The van der Waals surface area contributed by atoms with E-state index >= 15 is 0 Å². The fourth-order valence-corrected chi connectivity index (χ4v) is 5.11. The summed E-state index contributed by atoms with van der Waals surface area (Å²) in [5, 5.41) is 2.62. The molecule has 1 heterocycles. The summed E-state index contributed by atoms with van der Waals surface area (Å²) in [5.41, 5.74) is 0.00156. The van der Waals surface area contributed by atoms with E-state index in [0.29, 0.717) is 17.3 Å². The maximum atomic E-state index is 13.0. The molecule has 0 spiro atoms. The number of benzene rings is 2. The van der Waals surface area contributed by atoms with Gasteiger partial charge in [-0.25, -0.2) is 8.42 Å². The zero-order chi connectivity index (χ0) is 24.4. The summed E-state index contributed by atoms with van der Waals surface area (Å²) in [7, 11) is -4.09. The molecule has 0 aromatic heterocycles. The van der Waals surface area contributed by atoms with Crippen molar-refractivity contribution in [3.05, 3.63) is 59.7 Å². The number of hydrogen-bond donors (Lipinski definition) is 1. The Balaban J connectivity index is 1.65. The summed E-state index contributed by atoms with van der Waals surface area (Å²) in [5.74, 6) is -0.376. The zero-order valence-electron chi connectivity index (χ0n) is 18.1. The number of nitrogens with one attached hydrogen (secondary N) is 1. The first-order valence-corrected chi connectivity index (χ1v) is 11.7. The van der Waals surface area contributed by atoms with E-state index in [4.69, 9.17) is 0 Å². The molecule has 11 heteroatoms. The van der Waals surface area contributed by atoms with E-state index in [1.165, 1.54) is 6.92 Å². The van der Waals surface area contributed by atoms with Crippen LogP contribution < -0.4 is 5.32 Å². The molecule has 1 amide bonds. The maximum absolute atomic E-state index is 13.0.